The van der Waals surface area contributed by atoms with Gasteiger partial charge in [0.1, 0.15) is 11.9 Å². The first-order valence-corrected chi connectivity index (χ1v) is 4.32. The summed E-state index contributed by atoms with van der Waals surface area (Å²) in [5.74, 6) is 0.552. The molecule has 1 N–H and O–H groups in total. The Morgan fingerprint density at radius 2 is 2.50 bits per heavy atom. The van der Waals surface area contributed by atoms with Gasteiger partial charge in [-0.1, -0.05) is 0 Å². The topological polar surface area (TPSA) is 64.1 Å². The third kappa shape index (κ3) is 1.82. The van der Waals surface area contributed by atoms with Gasteiger partial charge in [0, 0.05) is 13.5 Å². The predicted molar refractivity (Wildman–Crippen MR) is 48.4 cm³/mol. The summed E-state index contributed by atoms with van der Waals surface area (Å²) in [6.07, 6.45) is 2.93. The maximum Gasteiger partial charge on any atom is 0.132 e. The van der Waals surface area contributed by atoms with Crippen molar-refractivity contribution in [3.63, 3.8) is 0 Å². The minimum absolute atomic E-state index is 0.418. The summed E-state index contributed by atoms with van der Waals surface area (Å²) in [4.78, 5) is 1.46. The summed E-state index contributed by atoms with van der Waals surface area (Å²) >= 11 is 0. The van der Waals surface area contributed by atoms with Gasteiger partial charge in [-0.05, 0) is 12.1 Å². The fourth-order valence-corrected chi connectivity index (χ4v) is 1.26. The van der Waals surface area contributed by atoms with E-state index < -0.39 is 6.10 Å². The first kappa shape index (κ1) is 8.96. The third-order valence-corrected chi connectivity index (χ3v) is 1.92. The van der Waals surface area contributed by atoms with Gasteiger partial charge in [-0.2, -0.15) is 15.0 Å². The number of rotatable bonds is 3. The van der Waals surface area contributed by atoms with Crippen molar-refractivity contribution in [1.29, 1.82) is 0 Å². The first-order chi connectivity index (χ1) is 6.75. The summed E-state index contributed by atoms with van der Waals surface area (Å²) in [7, 11) is 1.74. The molecule has 0 radical (unpaired) electrons. The van der Waals surface area contributed by atoms with Crippen LogP contribution < -0.4 is 0 Å². The molecule has 1 unspecified atom stereocenters. The predicted octanol–water partition coefficient (Wildman–Crippen LogP) is 0.684. The van der Waals surface area contributed by atoms with E-state index in [2.05, 4.69) is 10.2 Å². The fourth-order valence-electron chi connectivity index (χ4n) is 1.26. The maximum absolute atomic E-state index is 9.70. The zero-order valence-corrected chi connectivity index (χ0v) is 7.79. The van der Waals surface area contributed by atoms with Gasteiger partial charge in [0.15, 0.2) is 0 Å². The SMILES string of the molecule is Cn1ncc(CC(O)c2ccco2)n1. The molecule has 0 amide bonds. The number of aliphatic hydroxyl groups excluding tert-OH is 1. The zero-order chi connectivity index (χ0) is 9.97. The normalized spacial score (nSPS) is 13.0. The highest BCUT2D eigenvalue weighted by Crippen LogP contribution is 2.16. The highest BCUT2D eigenvalue weighted by atomic mass is 16.4. The van der Waals surface area contributed by atoms with E-state index >= 15 is 0 Å². The van der Waals surface area contributed by atoms with Gasteiger partial charge in [0.05, 0.1) is 18.2 Å². The number of aromatic nitrogens is 3. The van der Waals surface area contributed by atoms with Crippen LogP contribution in [0.1, 0.15) is 17.6 Å². The smallest absolute Gasteiger partial charge is 0.132 e. The summed E-state index contributed by atoms with van der Waals surface area (Å²) in [6, 6.07) is 3.48. The lowest BCUT2D eigenvalue weighted by Gasteiger charge is -2.03. The van der Waals surface area contributed by atoms with Gasteiger partial charge in [-0.3, -0.25) is 0 Å². The van der Waals surface area contributed by atoms with Crippen LogP contribution in [0.3, 0.4) is 0 Å². The van der Waals surface area contributed by atoms with Crippen molar-refractivity contribution in [2.45, 2.75) is 12.5 Å². The third-order valence-electron chi connectivity index (χ3n) is 1.92. The molecule has 0 saturated carbocycles. The molecular formula is C9H11N3O2. The Kier molecular flexibility index (Phi) is 2.32. The van der Waals surface area contributed by atoms with E-state index in [1.807, 2.05) is 0 Å². The molecular weight excluding hydrogens is 182 g/mol. The van der Waals surface area contributed by atoms with Crippen molar-refractivity contribution in [2.75, 3.05) is 0 Å². The van der Waals surface area contributed by atoms with E-state index in [1.165, 1.54) is 11.1 Å². The largest absolute Gasteiger partial charge is 0.467 e. The Bertz CT molecular complexity index is 394. The molecule has 0 bridgehead atoms. The van der Waals surface area contributed by atoms with Crippen LogP contribution in [0.15, 0.2) is 29.0 Å². The minimum atomic E-state index is -0.651. The second-order valence-corrected chi connectivity index (χ2v) is 3.06. The molecule has 1 atom stereocenters. The van der Waals surface area contributed by atoms with E-state index in [1.54, 1.807) is 25.4 Å². The molecule has 0 fully saturated rings. The Morgan fingerprint density at radius 3 is 3.07 bits per heavy atom. The molecule has 74 valence electrons. The number of hydrogen-bond donors (Lipinski definition) is 1. The Labute approximate surface area is 81.0 Å². The Balaban J connectivity index is 2.05. The van der Waals surface area contributed by atoms with E-state index in [0.717, 1.165) is 5.69 Å². The van der Waals surface area contributed by atoms with Gasteiger partial charge >= 0.3 is 0 Å². The summed E-state index contributed by atoms with van der Waals surface area (Å²) in [6.45, 7) is 0. The van der Waals surface area contributed by atoms with Gasteiger partial charge in [-0.25, -0.2) is 0 Å². The minimum Gasteiger partial charge on any atom is -0.467 e. The van der Waals surface area contributed by atoms with Crippen molar-refractivity contribution in [2.24, 2.45) is 7.05 Å². The molecule has 5 nitrogen and oxygen atoms in total. The number of aryl methyl sites for hydroxylation is 1. The number of nitrogens with zero attached hydrogens (tertiary/aromatic N) is 3. The Hall–Kier alpha value is -1.62. The molecule has 0 aromatic carbocycles. The van der Waals surface area contributed by atoms with Crippen molar-refractivity contribution in [3.8, 4) is 0 Å². The van der Waals surface area contributed by atoms with Crippen LogP contribution in [0.5, 0.6) is 0 Å². The monoisotopic (exact) mass is 193 g/mol. The summed E-state index contributed by atoms with van der Waals surface area (Å²) < 4.78 is 5.07. The van der Waals surface area contributed by atoms with E-state index in [-0.39, 0.29) is 0 Å². The zero-order valence-electron chi connectivity index (χ0n) is 7.79. The summed E-state index contributed by atoms with van der Waals surface area (Å²) in [5, 5.41) is 17.7. The molecule has 2 rings (SSSR count). The summed E-state index contributed by atoms with van der Waals surface area (Å²) in [5.41, 5.74) is 0.747. The van der Waals surface area contributed by atoms with Crippen LogP contribution in [0.2, 0.25) is 0 Å². The van der Waals surface area contributed by atoms with Gasteiger partial charge < -0.3 is 9.52 Å². The molecule has 14 heavy (non-hydrogen) atoms. The molecule has 0 saturated heterocycles. The van der Waals surface area contributed by atoms with Crippen molar-refractivity contribution in [3.05, 3.63) is 36.0 Å². The highest BCUT2D eigenvalue weighted by Gasteiger charge is 2.12. The fraction of sp³-hybridized carbons (Fsp3) is 0.333. The van der Waals surface area contributed by atoms with Gasteiger partial charge in [0.2, 0.25) is 0 Å². The number of furan rings is 1. The first-order valence-electron chi connectivity index (χ1n) is 4.32. The number of hydrogen-bond acceptors (Lipinski definition) is 4. The second kappa shape index (κ2) is 3.63. The molecule has 0 aliphatic rings. The molecule has 2 aromatic rings. The van der Waals surface area contributed by atoms with Crippen LogP contribution >= 0.6 is 0 Å². The molecule has 0 aliphatic heterocycles. The average molecular weight is 193 g/mol. The van der Waals surface area contributed by atoms with E-state index in [0.29, 0.717) is 12.2 Å². The molecule has 2 aromatic heterocycles. The van der Waals surface area contributed by atoms with Crippen LogP contribution in [-0.2, 0) is 13.5 Å². The van der Waals surface area contributed by atoms with Crippen LogP contribution in [0, 0.1) is 0 Å². The van der Waals surface area contributed by atoms with Crippen LogP contribution in [0.4, 0.5) is 0 Å². The highest BCUT2D eigenvalue weighted by molar-refractivity contribution is 5.05. The molecule has 2 heterocycles. The van der Waals surface area contributed by atoms with Crippen LogP contribution in [0.25, 0.3) is 0 Å². The number of aliphatic hydroxyl groups is 1. The lowest BCUT2D eigenvalue weighted by atomic mass is 10.2. The maximum atomic E-state index is 9.70. The standard InChI is InChI=1S/C9H11N3O2/c1-12-10-6-7(11-12)5-8(13)9-3-2-4-14-9/h2-4,6,8,13H,5H2,1H3. The molecule has 0 spiro atoms. The van der Waals surface area contributed by atoms with Gasteiger partial charge in [-0.15, -0.1) is 0 Å². The van der Waals surface area contributed by atoms with E-state index in [4.69, 9.17) is 4.42 Å². The lowest BCUT2D eigenvalue weighted by Crippen LogP contribution is -2.01. The average Bonchev–Trinajstić information content (AvgIpc) is 2.75. The van der Waals surface area contributed by atoms with Crippen molar-refractivity contribution in [1.82, 2.24) is 15.0 Å². The van der Waals surface area contributed by atoms with Crippen molar-refractivity contribution >= 4 is 0 Å². The Morgan fingerprint density at radius 1 is 1.64 bits per heavy atom. The van der Waals surface area contributed by atoms with Gasteiger partial charge in [0.25, 0.3) is 0 Å². The second-order valence-electron chi connectivity index (χ2n) is 3.06. The van der Waals surface area contributed by atoms with Crippen molar-refractivity contribution < 1.29 is 9.52 Å². The molecule has 5 heteroatoms. The quantitative estimate of drug-likeness (QED) is 0.778. The van der Waals surface area contributed by atoms with Crippen LogP contribution in [-0.4, -0.2) is 20.1 Å². The molecule has 0 aliphatic carbocycles. The van der Waals surface area contributed by atoms with E-state index in [9.17, 15) is 5.11 Å². The lowest BCUT2D eigenvalue weighted by molar-refractivity contribution is 0.149.